The minimum atomic E-state index is -0.856. The van der Waals surface area contributed by atoms with E-state index < -0.39 is 11.8 Å². The molecular weight excluding hydrogens is 298 g/mol. The van der Waals surface area contributed by atoms with Crippen molar-refractivity contribution in [2.75, 3.05) is 13.7 Å². The third kappa shape index (κ3) is 4.85. The van der Waals surface area contributed by atoms with Crippen molar-refractivity contribution >= 4 is 11.8 Å². The predicted molar refractivity (Wildman–Crippen MR) is 84.9 cm³/mol. The van der Waals surface area contributed by atoms with E-state index in [2.05, 4.69) is 5.32 Å². The number of methoxy groups -OCH3 is 1. The molecular formula is C16H23N3O4. The van der Waals surface area contributed by atoms with E-state index in [1.807, 2.05) is 18.2 Å². The van der Waals surface area contributed by atoms with Crippen molar-refractivity contribution in [1.29, 1.82) is 0 Å². The molecule has 0 bridgehead atoms. The number of hydrazine groups is 1. The largest absolute Gasteiger partial charge is 0.493 e. The lowest BCUT2D eigenvalue weighted by Crippen LogP contribution is -2.43. The highest BCUT2D eigenvalue weighted by molar-refractivity contribution is 6.34. The predicted octanol–water partition coefficient (Wildman–Crippen LogP) is 0.665. The zero-order chi connectivity index (χ0) is 16.7. The Bertz CT molecular complexity index is 556. The van der Waals surface area contributed by atoms with Crippen molar-refractivity contribution in [3.63, 3.8) is 0 Å². The van der Waals surface area contributed by atoms with Gasteiger partial charge in [-0.25, -0.2) is 5.84 Å². The SMILES string of the molecule is COc1ccc(CCNC(=O)C(=O)NN)cc1OC1CCCC1. The summed E-state index contributed by atoms with van der Waals surface area (Å²) in [5.41, 5.74) is 2.78. The van der Waals surface area contributed by atoms with Gasteiger partial charge in [-0.05, 0) is 49.8 Å². The number of nitrogens with two attached hydrogens (primary N) is 1. The number of hydrogen-bond acceptors (Lipinski definition) is 5. The summed E-state index contributed by atoms with van der Waals surface area (Å²) in [4.78, 5) is 22.3. The third-order valence-corrected chi connectivity index (χ3v) is 3.86. The molecule has 7 nitrogen and oxygen atoms in total. The Hall–Kier alpha value is -2.28. The number of rotatable bonds is 6. The van der Waals surface area contributed by atoms with Crippen molar-refractivity contribution < 1.29 is 19.1 Å². The summed E-state index contributed by atoms with van der Waals surface area (Å²) in [7, 11) is 1.61. The van der Waals surface area contributed by atoms with Gasteiger partial charge in [0.25, 0.3) is 0 Å². The molecule has 1 saturated carbocycles. The lowest BCUT2D eigenvalue weighted by molar-refractivity contribution is -0.139. The standard InChI is InChI=1S/C16H23N3O4/c1-22-13-7-6-11(8-9-18-15(20)16(21)19-17)10-14(13)23-12-4-2-3-5-12/h6-7,10,12H,2-5,8-9,17H2,1H3,(H,18,20)(H,19,21). The monoisotopic (exact) mass is 321 g/mol. The second-order valence-electron chi connectivity index (χ2n) is 5.49. The molecule has 23 heavy (non-hydrogen) atoms. The number of ether oxygens (including phenoxy) is 2. The van der Waals surface area contributed by atoms with Crippen LogP contribution in [-0.2, 0) is 16.0 Å². The van der Waals surface area contributed by atoms with E-state index in [1.54, 1.807) is 12.5 Å². The van der Waals surface area contributed by atoms with Crippen LogP contribution < -0.4 is 26.1 Å². The quantitative estimate of drug-likeness (QED) is 0.309. The van der Waals surface area contributed by atoms with E-state index in [0.717, 1.165) is 24.2 Å². The molecule has 0 aromatic heterocycles. The normalized spacial score (nSPS) is 14.3. The second kappa shape index (κ2) is 8.38. The van der Waals surface area contributed by atoms with Crippen LogP contribution in [0, 0.1) is 0 Å². The number of carbonyl (C=O) groups excluding carboxylic acids is 2. The average molecular weight is 321 g/mol. The zero-order valence-corrected chi connectivity index (χ0v) is 13.3. The second-order valence-corrected chi connectivity index (χ2v) is 5.49. The first-order valence-electron chi connectivity index (χ1n) is 7.76. The van der Waals surface area contributed by atoms with Gasteiger partial charge < -0.3 is 14.8 Å². The molecule has 0 spiro atoms. The minimum Gasteiger partial charge on any atom is -0.493 e. The molecule has 0 unspecified atom stereocenters. The van der Waals surface area contributed by atoms with E-state index in [4.69, 9.17) is 15.3 Å². The van der Waals surface area contributed by atoms with E-state index in [-0.39, 0.29) is 6.10 Å². The first kappa shape index (κ1) is 17.1. The van der Waals surface area contributed by atoms with Crippen LogP contribution in [0.5, 0.6) is 11.5 Å². The molecule has 4 N–H and O–H groups in total. The van der Waals surface area contributed by atoms with E-state index in [1.165, 1.54) is 12.8 Å². The Labute approximate surface area is 135 Å². The maximum atomic E-state index is 11.3. The van der Waals surface area contributed by atoms with Crippen LogP contribution in [0.15, 0.2) is 18.2 Å². The van der Waals surface area contributed by atoms with Gasteiger partial charge in [-0.1, -0.05) is 6.07 Å². The molecule has 7 heteroatoms. The number of hydrogen-bond donors (Lipinski definition) is 3. The molecule has 1 aliphatic carbocycles. The molecule has 1 fully saturated rings. The fraction of sp³-hybridized carbons (Fsp3) is 0.500. The maximum Gasteiger partial charge on any atom is 0.323 e. The summed E-state index contributed by atoms with van der Waals surface area (Å²) in [6.07, 6.45) is 5.35. The van der Waals surface area contributed by atoms with Crippen molar-refractivity contribution in [2.45, 2.75) is 38.2 Å². The topological polar surface area (TPSA) is 103 Å². The highest BCUT2D eigenvalue weighted by Gasteiger charge is 2.18. The number of amides is 2. The van der Waals surface area contributed by atoms with Gasteiger partial charge in [0.05, 0.1) is 13.2 Å². The average Bonchev–Trinajstić information content (AvgIpc) is 3.07. The van der Waals surface area contributed by atoms with Gasteiger partial charge in [0.2, 0.25) is 0 Å². The summed E-state index contributed by atoms with van der Waals surface area (Å²) >= 11 is 0. The highest BCUT2D eigenvalue weighted by Crippen LogP contribution is 2.32. The Morgan fingerprint density at radius 3 is 2.61 bits per heavy atom. The smallest absolute Gasteiger partial charge is 0.323 e. The number of carbonyl (C=O) groups is 2. The summed E-state index contributed by atoms with van der Waals surface area (Å²) in [5, 5.41) is 2.50. The van der Waals surface area contributed by atoms with Gasteiger partial charge in [-0.15, -0.1) is 0 Å². The van der Waals surface area contributed by atoms with Gasteiger partial charge >= 0.3 is 11.8 Å². The fourth-order valence-electron chi connectivity index (χ4n) is 2.62. The van der Waals surface area contributed by atoms with Crippen molar-refractivity contribution in [2.24, 2.45) is 5.84 Å². The maximum absolute atomic E-state index is 11.3. The Morgan fingerprint density at radius 2 is 1.96 bits per heavy atom. The summed E-state index contributed by atoms with van der Waals surface area (Å²) in [6, 6.07) is 5.69. The molecule has 0 heterocycles. The summed E-state index contributed by atoms with van der Waals surface area (Å²) in [5.74, 6) is 4.72. The van der Waals surface area contributed by atoms with Crippen LogP contribution in [0.25, 0.3) is 0 Å². The van der Waals surface area contributed by atoms with Crippen molar-refractivity contribution in [1.82, 2.24) is 10.7 Å². The van der Waals surface area contributed by atoms with Crippen LogP contribution in [0.3, 0.4) is 0 Å². The molecule has 1 aromatic carbocycles. The van der Waals surface area contributed by atoms with E-state index in [9.17, 15) is 9.59 Å². The van der Waals surface area contributed by atoms with Crippen LogP contribution in [0.2, 0.25) is 0 Å². The van der Waals surface area contributed by atoms with Gasteiger partial charge in [-0.2, -0.15) is 0 Å². The van der Waals surface area contributed by atoms with Gasteiger partial charge in [0.1, 0.15) is 0 Å². The van der Waals surface area contributed by atoms with Crippen LogP contribution >= 0.6 is 0 Å². The van der Waals surface area contributed by atoms with Gasteiger partial charge in [0, 0.05) is 6.54 Å². The number of nitrogens with one attached hydrogen (secondary N) is 2. The zero-order valence-electron chi connectivity index (χ0n) is 13.3. The van der Waals surface area contributed by atoms with Crippen LogP contribution in [0.4, 0.5) is 0 Å². The molecule has 2 amide bonds. The Morgan fingerprint density at radius 1 is 1.22 bits per heavy atom. The van der Waals surface area contributed by atoms with Crippen molar-refractivity contribution in [3.8, 4) is 11.5 Å². The molecule has 0 saturated heterocycles. The van der Waals surface area contributed by atoms with Crippen LogP contribution in [-0.4, -0.2) is 31.6 Å². The summed E-state index contributed by atoms with van der Waals surface area (Å²) < 4.78 is 11.4. The van der Waals surface area contributed by atoms with E-state index in [0.29, 0.717) is 18.7 Å². The summed E-state index contributed by atoms with van der Waals surface area (Å²) in [6.45, 7) is 0.335. The molecule has 0 aliphatic heterocycles. The Balaban J connectivity index is 1.94. The lowest BCUT2D eigenvalue weighted by Gasteiger charge is -2.17. The van der Waals surface area contributed by atoms with Gasteiger partial charge in [0.15, 0.2) is 11.5 Å². The molecule has 126 valence electrons. The molecule has 1 aromatic rings. The molecule has 0 radical (unpaired) electrons. The molecule has 2 rings (SSSR count). The highest BCUT2D eigenvalue weighted by atomic mass is 16.5. The molecule has 0 atom stereocenters. The minimum absolute atomic E-state index is 0.243. The first-order chi connectivity index (χ1) is 11.1. The van der Waals surface area contributed by atoms with Gasteiger partial charge in [-0.3, -0.25) is 15.0 Å². The molecule has 1 aliphatic rings. The first-order valence-corrected chi connectivity index (χ1v) is 7.76. The van der Waals surface area contributed by atoms with Crippen molar-refractivity contribution in [3.05, 3.63) is 23.8 Å². The lowest BCUT2D eigenvalue weighted by atomic mass is 10.1. The fourth-order valence-corrected chi connectivity index (χ4v) is 2.62. The third-order valence-electron chi connectivity index (χ3n) is 3.86. The van der Waals surface area contributed by atoms with E-state index >= 15 is 0 Å². The van der Waals surface area contributed by atoms with Crippen LogP contribution in [0.1, 0.15) is 31.2 Å². The number of benzene rings is 1. The Kier molecular flexibility index (Phi) is 6.22.